The fourth-order valence-electron chi connectivity index (χ4n) is 3.14. The van der Waals surface area contributed by atoms with Gasteiger partial charge < -0.3 is 5.11 Å². The summed E-state index contributed by atoms with van der Waals surface area (Å²) in [6.45, 7) is 4.48. The molecule has 2 atom stereocenters. The minimum absolute atomic E-state index is 0.164. The number of hydrogen-bond donors (Lipinski definition) is 1. The summed E-state index contributed by atoms with van der Waals surface area (Å²) in [5.74, 6) is -0.221. The minimum atomic E-state index is -0.312. The van der Waals surface area contributed by atoms with Crippen molar-refractivity contribution in [1.82, 2.24) is 14.7 Å². The fraction of sp³-hybridized carbons (Fsp3) is 0.471. The van der Waals surface area contributed by atoms with E-state index in [0.717, 1.165) is 25.1 Å². The Balaban J connectivity index is 1.66. The Kier molecular flexibility index (Phi) is 4.55. The zero-order valence-corrected chi connectivity index (χ0v) is 12.8. The molecule has 4 nitrogen and oxygen atoms in total. The molecule has 5 heteroatoms. The van der Waals surface area contributed by atoms with E-state index in [0.29, 0.717) is 13.0 Å². The molecule has 1 fully saturated rings. The van der Waals surface area contributed by atoms with Crippen molar-refractivity contribution in [2.45, 2.75) is 38.5 Å². The smallest absolute Gasteiger partial charge is 0.123 e. The maximum Gasteiger partial charge on any atom is 0.123 e. The van der Waals surface area contributed by atoms with Gasteiger partial charge in [-0.1, -0.05) is 12.1 Å². The maximum absolute atomic E-state index is 13.1. The summed E-state index contributed by atoms with van der Waals surface area (Å²) in [5.41, 5.74) is 2.28. The molecular formula is C17H22FN3O. The summed E-state index contributed by atoms with van der Waals surface area (Å²) < 4.78 is 15.0. The van der Waals surface area contributed by atoms with Crippen LogP contribution in [-0.2, 0) is 13.0 Å². The molecule has 1 N–H and O–H groups in total. The molecule has 1 saturated heterocycles. The highest BCUT2D eigenvalue weighted by atomic mass is 19.1. The third kappa shape index (κ3) is 3.36. The van der Waals surface area contributed by atoms with E-state index in [-0.39, 0.29) is 18.0 Å². The highest BCUT2D eigenvalue weighted by molar-refractivity contribution is 5.21. The predicted octanol–water partition coefficient (Wildman–Crippen LogP) is 2.39. The van der Waals surface area contributed by atoms with Crippen LogP contribution < -0.4 is 0 Å². The summed E-state index contributed by atoms with van der Waals surface area (Å²) >= 11 is 0. The number of halogens is 1. The Labute approximate surface area is 130 Å². The van der Waals surface area contributed by atoms with Crippen molar-refractivity contribution in [3.05, 3.63) is 53.6 Å². The van der Waals surface area contributed by atoms with E-state index in [9.17, 15) is 9.50 Å². The molecule has 0 aliphatic carbocycles. The van der Waals surface area contributed by atoms with Gasteiger partial charge in [0.25, 0.3) is 0 Å². The highest BCUT2D eigenvalue weighted by Crippen LogP contribution is 2.32. The second kappa shape index (κ2) is 6.58. The van der Waals surface area contributed by atoms with E-state index in [1.54, 1.807) is 0 Å². The van der Waals surface area contributed by atoms with Crippen molar-refractivity contribution < 1.29 is 9.50 Å². The second-order valence-electron chi connectivity index (χ2n) is 5.91. The van der Waals surface area contributed by atoms with Crippen LogP contribution in [0.4, 0.5) is 4.39 Å². The number of hydrogen-bond acceptors (Lipinski definition) is 3. The Morgan fingerprint density at radius 2 is 2.09 bits per heavy atom. The summed E-state index contributed by atoms with van der Waals surface area (Å²) in [7, 11) is 0. The average molecular weight is 303 g/mol. The van der Waals surface area contributed by atoms with Crippen LogP contribution in [0.1, 0.15) is 30.5 Å². The van der Waals surface area contributed by atoms with E-state index in [2.05, 4.69) is 23.1 Å². The van der Waals surface area contributed by atoms with Gasteiger partial charge in [-0.15, -0.1) is 0 Å². The van der Waals surface area contributed by atoms with Crippen molar-refractivity contribution in [2.24, 2.45) is 0 Å². The fourth-order valence-corrected chi connectivity index (χ4v) is 3.14. The number of β-amino-alcohol motifs (C(OH)–C–C–N with tert-alkyl or cyclic N) is 1. The van der Waals surface area contributed by atoms with Gasteiger partial charge in [-0.3, -0.25) is 9.58 Å². The number of benzene rings is 1. The molecule has 0 radical (unpaired) electrons. The molecule has 0 bridgehead atoms. The third-order valence-corrected chi connectivity index (χ3v) is 4.33. The van der Waals surface area contributed by atoms with Crippen LogP contribution in [0.15, 0.2) is 36.7 Å². The Bertz CT molecular complexity index is 611. The number of likely N-dealkylation sites (tertiary alicyclic amines) is 1. The van der Waals surface area contributed by atoms with Gasteiger partial charge in [-0.2, -0.15) is 5.10 Å². The third-order valence-electron chi connectivity index (χ3n) is 4.33. The SMILES string of the molecule is CCn1cc(CCN2CC(O)CC2c2ccc(F)cc2)cn1. The Morgan fingerprint density at radius 1 is 1.32 bits per heavy atom. The van der Waals surface area contributed by atoms with Gasteiger partial charge in [0.05, 0.1) is 12.3 Å². The normalized spacial score (nSPS) is 22.3. The zero-order chi connectivity index (χ0) is 15.5. The van der Waals surface area contributed by atoms with E-state index < -0.39 is 0 Å². The highest BCUT2D eigenvalue weighted by Gasteiger charge is 2.31. The van der Waals surface area contributed by atoms with Crippen LogP contribution in [0, 0.1) is 5.82 Å². The first-order chi connectivity index (χ1) is 10.7. The average Bonchev–Trinajstić information content (AvgIpc) is 3.12. The molecule has 2 aromatic rings. The summed E-state index contributed by atoms with van der Waals surface area (Å²) in [6.07, 6.45) is 5.28. The van der Waals surface area contributed by atoms with Gasteiger partial charge in [0.1, 0.15) is 5.82 Å². The quantitative estimate of drug-likeness (QED) is 0.922. The largest absolute Gasteiger partial charge is 0.392 e. The lowest BCUT2D eigenvalue weighted by Gasteiger charge is -2.24. The van der Waals surface area contributed by atoms with Crippen LogP contribution in [0.2, 0.25) is 0 Å². The van der Waals surface area contributed by atoms with Crippen LogP contribution in [0.3, 0.4) is 0 Å². The van der Waals surface area contributed by atoms with Gasteiger partial charge in [-0.25, -0.2) is 4.39 Å². The lowest BCUT2D eigenvalue weighted by molar-refractivity contribution is 0.175. The number of aryl methyl sites for hydroxylation is 1. The van der Waals surface area contributed by atoms with E-state index in [1.807, 2.05) is 23.0 Å². The maximum atomic E-state index is 13.1. The van der Waals surface area contributed by atoms with Gasteiger partial charge in [0, 0.05) is 31.9 Å². The lowest BCUT2D eigenvalue weighted by atomic mass is 10.0. The molecule has 118 valence electrons. The van der Waals surface area contributed by atoms with Gasteiger partial charge >= 0.3 is 0 Å². The minimum Gasteiger partial charge on any atom is -0.392 e. The molecule has 1 aromatic carbocycles. The first kappa shape index (κ1) is 15.2. The van der Waals surface area contributed by atoms with Crippen LogP contribution >= 0.6 is 0 Å². The summed E-state index contributed by atoms with van der Waals surface area (Å²) in [5, 5.41) is 14.3. The molecule has 0 saturated carbocycles. The zero-order valence-electron chi connectivity index (χ0n) is 12.8. The van der Waals surface area contributed by atoms with Crippen LogP contribution in [0.25, 0.3) is 0 Å². The van der Waals surface area contributed by atoms with E-state index >= 15 is 0 Å². The molecule has 1 aliphatic rings. The molecule has 1 aliphatic heterocycles. The number of rotatable bonds is 5. The van der Waals surface area contributed by atoms with Crippen molar-refractivity contribution in [2.75, 3.05) is 13.1 Å². The lowest BCUT2D eigenvalue weighted by Crippen LogP contribution is -2.27. The number of aromatic nitrogens is 2. The van der Waals surface area contributed by atoms with E-state index in [4.69, 9.17) is 0 Å². The van der Waals surface area contributed by atoms with Gasteiger partial charge in [-0.05, 0) is 43.0 Å². The van der Waals surface area contributed by atoms with Crippen molar-refractivity contribution in [3.8, 4) is 0 Å². The van der Waals surface area contributed by atoms with Crippen LogP contribution in [0.5, 0.6) is 0 Å². The topological polar surface area (TPSA) is 41.3 Å². The van der Waals surface area contributed by atoms with Gasteiger partial charge in [0.2, 0.25) is 0 Å². The number of aliphatic hydroxyl groups is 1. The Morgan fingerprint density at radius 3 is 2.77 bits per heavy atom. The first-order valence-electron chi connectivity index (χ1n) is 7.84. The molecular weight excluding hydrogens is 281 g/mol. The molecule has 3 rings (SSSR count). The number of aliphatic hydroxyl groups excluding tert-OH is 1. The van der Waals surface area contributed by atoms with E-state index in [1.165, 1.54) is 17.7 Å². The Hall–Kier alpha value is -1.72. The molecule has 22 heavy (non-hydrogen) atoms. The molecule has 0 spiro atoms. The monoisotopic (exact) mass is 303 g/mol. The summed E-state index contributed by atoms with van der Waals surface area (Å²) in [6, 6.07) is 6.78. The molecule has 2 heterocycles. The van der Waals surface area contributed by atoms with Crippen LogP contribution in [-0.4, -0.2) is 39.0 Å². The molecule has 2 unspecified atom stereocenters. The van der Waals surface area contributed by atoms with Crippen molar-refractivity contribution >= 4 is 0 Å². The van der Waals surface area contributed by atoms with Crippen molar-refractivity contribution in [3.63, 3.8) is 0 Å². The van der Waals surface area contributed by atoms with Gasteiger partial charge in [0.15, 0.2) is 0 Å². The second-order valence-corrected chi connectivity index (χ2v) is 5.91. The number of nitrogens with zero attached hydrogens (tertiary/aromatic N) is 3. The summed E-state index contributed by atoms with van der Waals surface area (Å²) in [4.78, 5) is 2.28. The first-order valence-corrected chi connectivity index (χ1v) is 7.84. The standard InChI is InChI=1S/C17H22FN3O/c1-2-21-11-13(10-19-21)7-8-20-12-16(22)9-17(20)14-3-5-15(18)6-4-14/h3-6,10-11,16-17,22H,2,7-9,12H2,1H3. The molecule has 0 amide bonds. The van der Waals surface area contributed by atoms with Crippen molar-refractivity contribution in [1.29, 1.82) is 0 Å². The molecule has 1 aromatic heterocycles. The predicted molar refractivity (Wildman–Crippen MR) is 82.9 cm³/mol.